The normalized spacial score (nSPS) is 18.7. The molecule has 98 valence electrons. The monoisotopic (exact) mass is 275 g/mol. The van der Waals surface area contributed by atoms with Crippen LogP contribution in [-0.4, -0.2) is 43.8 Å². The van der Waals surface area contributed by atoms with Crippen LogP contribution >= 0.6 is 0 Å². The molecule has 4 nitrogen and oxygen atoms in total. The fourth-order valence-corrected chi connectivity index (χ4v) is 2.96. The average molecular weight is 275 g/mol. The summed E-state index contributed by atoms with van der Waals surface area (Å²) in [5.74, 6) is -3.26. The first-order valence-corrected chi connectivity index (χ1v) is 7.16. The van der Waals surface area contributed by atoms with Crippen LogP contribution in [0.2, 0.25) is 0 Å². The predicted molar refractivity (Wildman–Crippen MR) is 60.9 cm³/mol. The molecule has 1 aliphatic rings. The second-order valence-corrected chi connectivity index (χ2v) is 6.35. The number of carbonyl (C=O) groups is 1. The second kappa shape index (κ2) is 4.64. The Hall–Kier alpha value is -1.50. The lowest BCUT2D eigenvalue weighted by molar-refractivity contribution is 0.0764. The van der Waals surface area contributed by atoms with Crippen molar-refractivity contribution >= 4 is 15.7 Å². The van der Waals surface area contributed by atoms with E-state index in [-0.39, 0.29) is 30.2 Å². The first-order chi connectivity index (χ1) is 8.41. The van der Waals surface area contributed by atoms with E-state index in [9.17, 15) is 22.0 Å². The fraction of sp³-hybridized carbons (Fsp3) is 0.364. The lowest BCUT2D eigenvalue weighted by atomic mass is 10.1. The molecule has 1 amide bonds. The molecule has 1 aromatic rings. The van der Waals surface area contributed by atoms with Gasteiger partial charge in [0.25, 0.3) is 5.91 Å². The van der Waals surface area contributed by atoms with Gasteiger partial charge in [0, 0.05) is 13.1 Å². The molecule has 0 atom stereocenters. The van der Waals surface area contributed by atoms with Crippen molar-refractivity contribution < 1.29 is 22.0 Å². The fourth-order valence-electron chi connectivity index (χ4n) is 1.75. The molecule has 0 spiro atoms. The van der Waals surface area contributed by atoms with Crippen molar-refractivity contribution in [3.8, 4) is 0 Å². The van der Waals surface area contributed by atoms with Gasteiger partial charge in [0.2, 0.25) is 0 Å². The summed E-state index contributed by atoms with van der Waals surface area (Å²) >= 11 is 0. The average Bonchev–Trinajstić information content (AvgIpc) is 2.32. The Morgan fingerprint density at radius 3 is 2.39 bits per heavy atom. The van der Waals surface area contributed by atoms with Gasteiger partial charge in [-0.15, -0.1) is 0 Å². The van der Waals surface area contributed by atoms with E-state index in [1.165, 1.54) is 17.0 Å². The molecule has 18 heavy (non-hydrogen) atoms. The maximum atomic E-state index is 13.4. The Kier molecular flexibility index (Phi) is 3.34. The first kappa shape index (κ1) is 12.9. The molecule has 1 saturated heterocycles. The highest BCUT2D eigenvalue weighted by Gasteiger charge is 2.27. The van der Waals surface area contributed by atoms with Gasteiger partial charge < -0.3 is 4.90 Å². The van der Waals surface area contributed by atoms with Crippen molar-refractivity contribution in [3.63, 3.8) is 0 Å². The zero-order chi connectivity index (χ0) is 13.3. The molecule has 0 unspecified atom stereocenters. The number of benzene rings is 1. The molecular formula is C11H11F2NO3S. The minimum Gasteiger partial charge on any atom is -0.337 e. The first-order valence-electron chi connectivity index (χ1n) is 5.34. The van der Waals surface area contributed by atoms with Gasteiger partial charge in [0.1, 0.15) is 0 Å². The topological polar surface area (TPSA) is 54.5 Å². The predicted octanol–water partition coefficient (Wildman–Crippen LogP) is 0.835. The maximum Gasteiger partial charge on any atom is 0.257 e. The SMILES string of the molecule is O=C(c1cccc(F)c1F)N1CCS(=O)(=O)CC1. The molecule has 0 aromatic heterocycles. The lowest BCUT2D eigenvalue weighted by Crippen LogP contribution is -2.44. The van der Waals surface area contributed by atoms with Gasteiger partial charge in [-0.3, -0.25) is 4.79 Å². The van der Waals surface area contributed by atoms with Crippen molar-refractivity contribution in [1.29, 1.82) is 0 Å². The molecule has 1 heterocycles. The molecule has 1 fully saturated rings. The van der Waals surface area contributed by atoms with E-state index in [4.69, 9.17) is 0 Å². The second-order valence-electron chi connectivity index (χ2n) is 4.05. The summed E-state index contributed by atoms with van der Waals surface area (Å²) in [7, 11) is -3.11. The zero-order valence-electron chi connectivity index (χ0n) is 9.40. The Balaban J connectivity index is 2.20. The van der Waals surface area contributed by atoms with E-state index < -0.39 is 27.4 Å². The van der Waals surface area contributed by atoms with E-state index in [0.29, 0.717) is 0 Å². The Bertz CT molecular complexity index is 572. The quantitative estimate of drug-likeness (QED) is 0.763. The Labute approximate surface area is 103 Å². The third kappa shape index (κ3) is 2.50. The highest BCUT2D eigenvalue weighted by Crippen LogP contribution is 2.15. The van der Waals surface area contributed by atoms with Gasteiger partial charge in [0.05, 0.1) is 17.1 Å². The summed E-state index contributed by atoms with van der Waals surface area (Å²) in [6.07, 6.45) is 0. The third-order valence-electron chi connectivity index (χ3n) is 2.81. The van der Waals surface area contributed by atoms with Crippen molar-refractivity contribution in [1.82, 2.24) is 4.90 Å². The third-order valence-corrected chi connectivity index (χ3v) is 4.42. The van der Waals surface area contributed by atoms with Gasteiger partial charge in [-0.25, -0.2) is 17.2 Å². The molecule has 0 bridgehead atoms. The van der Waals surface area contributed by atoms with Gasteiger partial charge >= 0.3 is 0 Å². The molecule has 0 aliphatic carbocycles. The smallest absolute Gasteiger partial charge is 0.257 e. The number of halogens is 2. The van der Waals surface area contributed by atoms with Gasteiger partial charge in [-0.2, -0.15) is 0 Å². The number of nitrogens with zero attached hydrogens (tertiary/aromatic N) is 1. The van der Waals surface area contributed by atoms with Crippen LogP contribution in [0.25, 0.3) is 0 Å². The van der Waals surface area contributed by atoms with Crippen molar-refractivity contribution in [2.45, 2.75) is 0 Å². The maximum absolute atomic E-state index is 13.4. The van der Waals surface area contributed by atoms with Gasteiger partial charge in [0.15, 0.2) is 21.5 Å². The zero-order valence-corrected chi connectivity index (χ0v) is 10.2. The van der Waals surface area contributed by atoms with Crippen LogP contribution in [0.5, 0.6) is 0 Å². The molecule has 0 N–H and O–H groups in total. The van der Waals surface area contributed by atoms with E-state index in [2.05, 4.69) is 0 Å². The minimum atomic E-state index is -3.11. The van der Waals surface area contributed by atoms with Crippen LogP contribution in [0.3, 0.4) is 0 Å². The summed E-state index contributed by atoms with van der Waals surface area (Å²) in [5, 5.41) is 0. The van der Waals surface area contributed by atoms with Crippen LogP contribution in [0, 0.1) is 11.6 Å². The van der Waals surface area contributed by atoms with Crippen molar-refractivity contribution in [2.24, 2.45) is 0 Å². The number of carbonyl (C=O) groups excluding carboxylic acids is 1. The minimum absolute atomic E-state index is 0.0110. The highest BCUT2D eigenvalue weighted by molar-refractivity contribution is 7.91. The lowest BCUT2D eigenvalue weighted by Gasteiger charge is -2.26. The molecule has 0 radical (unpaired) electrons. The molecule has 2 rings (SSSR count). The molecule has 1 aromatic carbocycles. The molecular weight excluding hydrogens is 264 g/mol. The molecule has 0 saturated carbocycles. The summed E-state index contributed by atoms with van der Waals surface area (Å²) in [6.45, 7) is 0.0221. The number of rotatable bonds is 1. The van der Waals surface area contributed by atoms with Crippen molar-refractivity contribution in [2.75, 3.05) is 24.6 Å². The number of sulfone groups is 1. The van der Waals surface area contributed by atoms with E-state index in [1.54, 1.807) is 0 Å². The summed E-state index contributed by atoms with van der Waals surface area (Å²) < 4.78 is 48.8. The number of amides is 1. The Morgan fingerprint density at radius 2 is 1.78 bits per heavy atom. The van der Waals surface area contributed by atoms with E-state index in [1.807, 2.05) is 0 Å². The summed E-state index contributed by atoms with van der Waals surface area (Å²) in [5.41, 5.74) is -0.366. The summed E-state index contributed by atoms with van der Waals surface area (Å²) in [4.78, 5) is 13.1. The van der Waals surface area contributed by atoms with Crippen LogP contribution in [0.4, 0.5) is 8.78 Å². The highest BCUT2D eigenvalue weighted by atomic mass is 32.2. The van der Waals surface area contributed by atoms with Crippen LogP contribution in [-0.2, 0) is 9.84 Å². The molecule has 7 heteroatoms. The van der Waals surface area contributed by atoms with E-state index in [0.717, 1.165) is 6.07 Å². The standard InChI is InChI=1S/C11H11F2NO3S/c12-9-3-1-2-8(10(9)13)11(15)14-4-6-18(16,17)7-5-14/h1-3H,4-7H2. The summed E-state index contributed by atoms with van der Waals surface area (Å²) in [6, 6.07) is 3.35. The van der Waals surface area contributed by atoms with Crippen LogP contribution < -0.4 is 0 Å². The van der Waals surface area contributed by atoms with Gasteiger partial charge in [-0.1, -0.05) is 6.07 Å². The van der Waals surface area contributed by atoms with Gasteiger partial charge in [-0.05, 0) is 12.1 Å². The number of hydrogen-bond donors (Lipinski definition) is 0. The Morgan fingerprint density at radius 1 is 1.17 bits per heavy atom. The largest absolute Gasteiger partial charge is 0.337 e. The molecule has 1 aliphatic heterocycles. The van der Waals surface area contributed by atoms with Crippen LogP contribution in [0.1, 0.15) is 10.4 Å². The van der Waals surface area contributed by atoms with E-state index >= 15 is 0 Å². The van der Waals surface area contributed by atoms with Crippen molar-refractivity contribution in [3.05, 3.63) is 35.4 Å². The number of hydrogen-bond acceptors (Lipinski definition) is 3. The van der Waals surface area contributed by atoms with Crippen LogP contribution in [0.15, 0.2) is 18.2 Å².